The van der Waals surface area contributed by atoms with E-state index in [4.69, 9.17) is 0 Å². The number of benzene rings is 8. The summed E-state index contributed by atoms with van der Waals surface area (Å²) in [5.74, 6) is 0. The van der Waals surface area contributed by atoms with Gasteiger partial charge in [0, 0.05) is 11.8 Å². The number of rotatable bonds is 3. The van der Waals surface area contributed by atoms with Crippen LogP contribution in [0.25, 0.3) is 87.4 Å². The molecular weight excluding hydrogens is 506 g/mol. The first-order valence-corrected chi connectivity index (χ1v) is 14.5. The molecule has 9 aromatic rings. The van der Waals surface area contributed by atoms with Gasteiger partial charge in [0.1, 0.15) is 0 Å². The molecule has 1 heteroatoms. The largest absolute Gasteiger partial charge is 0.256 e. The summed E-state index contributed by atoms with van der Waals surface area (Å²) >= 11 is 0. The van der Waals surface area contributed by atoms with Crippen molar-refractivity contribution in [2.75, 3.05) is 0 Å². The lowest BCUT2D eigenvalue weighted by Gasteiger charge is -2.16. The Morgan fingerprint density at radius 3 is 1.62 bits per heavy atom. The lowest BCUT2D eigenvalue weighted by molar-refractivity contribution is 1.33. The van der Waals surface area contributed by atoms with Gasteiger partial charge in [-0.25, -0.2) is 0 Å². The predicted molar refractivity (Wildman–Crippen MR) is 179 cm³/mol. The predicted octanol–water partition coefficient (Wildman–Crippen LogP) is 11.3. The molecule has 0 saturated carbocycles. The van der Waals surface area contributed by atoms with E-state index in [2.05, 4.69) is 145 Å². The van der Waals surface area contributed by atoms with Gasteiger partial charge in [0.05, 0.1) is 5.69 Å². The highest BCUT2D eigenvalue weighted by Gasteiger charge is 2.15. The molecule has 0 aliphatic rings. The van der Waals surface area contributed by atoms with Crippen molar-refractivity contribution >= 4 is 53.9 Å². The van der Waals surface area contributed by atoms with Crippen molar-refractivity contribution in [1.82, 2.24) is 4.98 Å². The van der Waals surface area contributed by atoms with E-state index >= 15 is 0 Å². The van der Waals surface area contributed by atoms with Gasteiger partial charge in [0.15, 0.2) is 0 Å². The first-order valence-electron chi connectivity index (χ1n) is 14.5. The van der Waals surface area contributed by atoms with Crippen molar-refractivity contribution in [1.29, 1.82) is 0 Å². The van der Waals surface area contributed by atoms with Crippen molar-refractivity contribution in [2.45, 2.75) is 0 Å². The summed E-state index contributed by atoms with van der Waals surface area (Å²) < 4.78 is 0. The van der Waals surface area contributed by atoms with Crippen LogP contribution in [-0.4, -0.2) is 4.98 Å². The van der Waals surface area contributed by atoms with Gasteiger partial charge in [-0.3, -0.25) is 4.98 Å². The van der Waals surface area contributed by atoms with Crippen LogP contribution in [0.4, 0.5) is 0 Å². The van der Waals surface area contributed by atoms with Crippen molar-refractivity contribution in [3.63, 3.8) is 0 Å². The molecule has 0 atom stereocenters. The van der Waals surface area contributed by atoms with E-state index in [1.54, 1.807) is 0 Å². The zero-order chi connectivity index (χ0) is 27.6. The number of fused-ring (bicyclic) bond motifs is 3. The minimum atomic E-state index is 1.01. The number of nitrogens with zero attached hydrogens (tertiary/aromatic N) is 1. The molecule has 0 radical (unpaired) electrons. The fraction of sp³-hybridized carbons (Fsp3) is 0. The van der Waals surface area contributed by atoms with Crippen molar-refractivity contribution in [2.24, 2.45) is 0 Å². The van der Waals surface area contributed by atoms with Crippen LogP contribution >= 0.6 is 0 Å². The molecule has 0 aliphatic carbocycles. The average molecular weight is 532 g/mol. The van der Waals surface area contributed by atoms with Gasteiger partial charge < -0.3 is 0 Å². The van der Waals surface area contributed by atoms with Crippen molar-refractivity contribution < 1.29 is 0 Å². The number of hydrogen-bond donors (Lipinski definition) is 0. The van der Waals surface area contributed by atoms with E-state index < -0.39 is 0 Å². The standard InChI is InChI=1S/C41H25N/c1-2-8-31-30(7-1)25-38(34-10-4-3-9-33(31)34)27-14-12-26(13-15-27)32-20-16-28-19-23-37-35(39-11-5-6-24-42-39)21-17-29-18-22-36(32)40(28)41(29)37/h1-25H. The van der Waals surface area contributed by atoms with Gasteiger partial charge in [-0.05, 0) is 94.3 Å². The van der Waals surface area contributed by atoms with Gasteiger partial charge in [-0.2, -0.15) is 0 Å². The minimum absolute atomic E-state index is 1.01. The van der Waals surface area contributed by atoms with Gasteiger partial charge >= 0.3 is 0 Å². The smallest absolute Gasteiger partial charge is 0.0708 e. The number of aromatic nitrogens is 1. The van der Waals surface area contributed by atoms with Crippen LogP contribution in [0.2, 0.25) is 0 Å². The van der Waals surface area contributed by atoms with Crippen LogP contribution in [0.15, 0.2) is 152 Å². The summed E-state index contributed by atoms with van der Waals surface area (Å²) in [4.78, 5) is 4.67. The Balaban J connectivity index is 1.22. The molecule has 0 amide bonds. The Kier molecular flexibility index (Phi) is 4.97. The normalized spacial score (nSPS) is 11.8. The highest BCUT2D eigenvalue weighted by Crippen LogP contribution is 2.42. The zero-order valence-corrected chi connectivity index (χ0v) is 22.9. The Bertz CT molecular complexity index is 2440. The van der Waals surface area contributed by atoms with Crippen LogP contribution < -0.4 is 0 Å². The maximum Gasteiger partial charge on any atom is 0.0708 e. The molecule has 0 N–H and O–H groups in total. The number of hydrogen-bond acceptors (Lipinski definition) is 1. The third-order valence-electron chi connectivity index (χ3n) is 8.88. The lowest BCUT2D eigenvalue weighted by Crippen LogP contribution is -1.90. The monoisotopic (exact) mass is 531 g/mol. The fourth-order valence-corrected chi connectivity index (χ4v) is 6.92. The van der Waals surface area contributed by atoms with Crippen LogP contribution in [0.1, 0.15) is 0 Å². The first-order chi connectivity index (χ1) is 20.8. The Morgan fingerprint density at radius 2 is 0.905 bits per heavy atom. The molecule has 0 bridgehead atoms. The van der Waals surface area contributed by atoms with Gasteiger partial charge in [-0.15, -0.1) is 0 Å². The molecule has 1 nitrogen and oxygen atoms in total. The van der Waals surface area contributed by atoms with E-state index in [-0.39, 0.29) is 0 Å². The summed E-state index contributed by atoms with van der Waals surface area (Å²) in [5, 5.41) is 12.9. The van der Waals surface area contributed by atoms with E-state index in [0.29, 0.717) is 0 Å². The third-order valence-corrected chi connectivity index (χ3v) is 8.88. The molecule has 42 heavy (non-hydrogen) atoms. The molecule has 0 unspecified atom stereocenters. The maximum atomic E-state index is 4.67. The third kappa shape index (κ3) is 3.41. The highest BCUT2D eigenvalue weighted by molar-refractivity contribution is 6.27. The average Bonchev–Trinajstić information content (AvgIpc) is 3.07. The molecule has 1 heterocycles. The van der Waals surface area contributed by atoms with E-state index in [1.807, 2.05) is 12.3 Å². The SMILES string of the molecule is c1ccc(-c2ccc3ccc4c(-c5ccc(-c6cc7ccccc7c7ccccc67)cc5)ccc5ccc2c3c54)nc1. The second-order valence-electron chi connectivity index (χ2n) is 11.1. The maximum absolute atomic E-state index is 4.67. The van der Waals surface area contributed by atoms with E-state index in [1.165, 1.54) is 81.7 Å². The van der Waals surface area contributed by atoms with E-state index in [0.717, 1.165) is 5.69 Å². The summed E-state index contributed by atoms with van der Waals surface area (Å²) in [7, 11) is 0. The van der Waals surface area contributed by atoms with Crippen LogP contribution in [-0.2, 0) is 0 Å². The first kappa shape index (κ1) is 23.2. The van der Waals surface area contributed by atoms with Gasteiger partial charge in [0.25, 0.3) is 0 Å². The Hall–Kier alpha value is -5.53. The van der Waals surface area contributed by atoms with Crippen LogP contribution in [0, 0.1) is 0 Å². The van der Waals surface area contributed by atoms with Gasteiger partial charge in [-0.1, -0.05) is 127 Å². The number of pyridine rings is 1. The van der Waals surface area contributed by atoms with Gasteiger partial charge in [0.2, 0.25) is 0 Å². The molecule has 9 rings (SSSR count). The summed E-state index contributed by atoms with van der Waals surface area (Å²) in [6.45, 7) is 0. The van der Waals surface area contributed by atoms with Crippen LogP contribution in [0.5, 0.6) is 0 Å². The molecule has 8 aromatic carbocycles. The topological polar surface area (TPSA) is 12.9 Å². The molecule has 1 aromatic heterocycles. The second-order valence-corrected chi connectivity index (χ2v) is 11.1. The Labute approximate surface area is 243 Å². The highest BCUT2D eigenvalue weighted by atomic mass is 14.7. The van der Waals surface area contributed by atoms with Crippen molar-refractivity contribution in [3.8, 4) is 33.5 Å². The second kappa shape index (κ2) is 8.99. The molecule has 0 fully saturated rings. The quantitative estimate of drug-likeness (QED) is 0.207. The summed E-state index contributed by atoms with van der Waals surface area (Å²) in [6, 6.07) is 53.1. The molecule has 0 aliphatic heterocycles. The van der Waals surface area contributed by atoms with Crippen molar-refractivity contribution in [3.05, 3.63) is 152 Å². The van der Waals surface area contributed by atoms with E-state index in [9.17, 15) is 0 Å². The summed E-state index contributed by atoms with van der Waals surface area (Å²) in [6.07, 6.45) is 1.87. The molecule has 0 spiro atoms. The molecule has 0 saturated heterocycles. The fourth-order valence-electron chi connectivity index (χ4n) is 6.92. The lowest BCUT2D eigenvalue weighted by atomic mass is 9.87. The summed E-state index contributed by atoms with van der Waals surface area (Å²) in [5.41, 5.74) is 7.18. The minimum Gasteiger partial charge on any atom is -0.256 e. The van der Waals surface area contributed by atoms with Crippen LogP contribution in [0.3, 0.4) is 0 Å². The zero-order valence-electron chi connectivity index (χ0n) is 22.9. The molecule has 194 valence electrons. The molecular formula is C41H25N. The Morgan fingerprint density at radius 1 is 0.333 bits per heavy atom.